The summed E-state index contributed by atoms with van der Waals surface area (Å²) in [6.45, 7) is 4.35. The summed E-state index contributed by atoms with van der Waals surface area (Å²) in [7, 11) is 1.98. The van der Waals surface area contributed by atoms with Gasteiger partial charge in [0.1, 0.15) is 11.9 Å². The Balaban J connectivity index is 0.00000225. The zero-order valence-corrected chi connectivity index (χ0v) is 16.2. The number of halogens is 1. The van der Waals surface area contributed by atoms with Gasteiger partial charge in [-0.25, -0.2) is 4.98 Å². The number of imidazole rings is 1. The van der Waals surface area contributed by atoms with Crippen LogP contribution in [0.3, 0.4) is 0 Å². The Hall–Kier alpha value is -1.50. The quantitative estimate of drug-likeness (QED) is 0.810. The summed E-state index contributed by atoms with van der Waals surface area (Å²) >= 11 is 1.74. The molecule has 2 heterocycles. The fourth-order valence-electron chi connectivity index (χ4n) is 2.99. The van der Waals surface area contributed by atoms with Crippen molar-refractivity contribution in [3.63, 3.8) is 0 Å². The molecule has 0 spiro atoms. The molecule has 3 rings (SSSR count). The second kappa shape index (κ2) is 9.27. The molecule has 2 aromatic rings. The van der Waals surface area contributed by atoms with Crippen LogP contribution in [0, 0.1) is 5.92 Å². The van der Waals surface area contributed by atoms with Gasteiger partial charge in [0.2, 0.25) is 5.91 Å². The van der Waals surface area contributed by atoms with Gasteiger partial charge in [-0.2, -0.15) is 0 Å². The first kappa shape index (κ1) is 19.8. The lowest BCUT2D eigenvalue weighted by molar-refractivity contribution is -0.137. The largest absolute Gasteiger partial charge is 0.336 e. The number of piperazine rings is 1. The van der Waals surface area contributed by atoms with Crippen LogP contribution in [0.1, 0.15) is 18.8 Å². The highest BCUT2D eigenvalue weighted by Crippen LogP contribution is 2.25. The van der Waals surface area contributed by atoms with Crippen molar-refractivity contribution in [3.8, 4) is 0 Å². The van der Waals surface area contributed by atoms with Crippen LogP contribution in [0.2, 0.25) is 0 Å². The predicted octanol–water partition coefficient (Wildman–Crippen LogP) is 2.74. The zero-order chi connectivity index (χ0) is 16.9. The fraction of sp³-hybridized carbons (Fsp3) is 0.444. The Morgan fingerprint density at radius 3 is 2.84 bits per heavy atom. The lowest BCUT2D eigenvalue weighted by atomic mass is 10.1. The number of nitrogens with one attached hydrogen (secondary N) is 1. The fourth-order valence-corrected chi connectivity index (χ4v) is 3.92. The van der Waals surface area contributed by atoms with E-state index in [0.717, 1.165) is 31.2 Å². The molecule has 1 aliphatic rings. The van der Waals surface area contributed by atoms with Gasteiger partial charge in [0.15, 0.2) is 0 Å². The summed E-state index contributed by atoms with van der Waals surface area (Å²) in [5.74, 6) is 1.93. The summed E-state index contributed by atoms with van der Waals surface area (Å²) in [6, 6.07) is 10.3. The van der Waals surface area contributed by atoms with E-state index in [9.17, 15) is 4.79 Å². The van der Waals surface area contributed by atoms with Crippen LogP contribution in [-0.2, 0) is 11.8 Å². The molecule has 1 N–H and O–H groups in total. The van der Waals surface area contributed by atoms with E-state index in [4.69, 9.17) is 0 Å². The van der Waals surface area contributed by atoms with Crippen LogP contribution in [0.5, 0.6) is 0 Å². The van der Waals surface area contributed by atoms with Crippen LogP contribution < -0.4 is 5.32 Å². The number of carbonyl (C=O) groups is 1. The minimum atomic E-state index is -0.0175. The van der Waals surface area contributed by atoms with Gasteiger partial charge < -0.3 is 14.8 Å². The maximum atomic E-state index is 13.0. The van der Waals surface area contributed by atoms with Crippen LogP contribution in [0.4, 0.5) is 0 Å². The maximum Gasteiger partial charge on any atom is 0.226 e. The van der Waals surface area contributed by atoms with E-state index in [1.807, 2.05) is 47.8 Å². The van der Waals surface area contributed by atoms with E-state index in [1.165, 1.54) is 4.90 Å². The molecular weight excluding hydrogens is 356 g/mol. The highest BCUT2D eigenvalue weighted by atomic mass is 35.5. The number of rotatable bonds is 5. The summed E-state index contributed by atoms with van der Waals surface area (Å²) < 4.78 is 2.00. The summed E-state index contributed by atoms with van der Waals surface area (Å²) in [6.07, 6.45) is 3.72. The van der Waals surface area contributed by atoms with Gasteiger partial charge in [-0.15, -0.1) is 24.2 Å². The first-order valence-electron chi connectivity index (χ1n) is 8.33. The van der Waals surface area contributed by atoms with Crippen LogP contribution >= 0.6 is 24.2 Å². The van der Waals surface area contributed by atoms with Crippen molar-refractivity contribution in [2.45, 2.75) is 17.9 Å². The number of nitrogens with zero attached hydrogens (tertiary/aromatic N) is 3. The van der Waals surface area contributed by atoms with Crippen LogP contribution in [0.25, 0.3) is 0 Å². The molecule has 136 valence electrons. The summed E-state index contributed by atoms with van der Waals surface area (Å²) in [5.41, 5.74) is 0. The number of aromatic nitrogens is 2. The van der Waals surface area contributed by atoms with Gasteiger partial charge in [-0.1, -0.05) is 25.1 Å². The van der Waals surface area contributed by atoms with Crippen molar-refractivity contribution >= 4 is 30.1 Å². The van der Waals surface area contributed by atoms with E-state index < -0.39 is 0 Å². The third-order valence-corrected chi connectivity index (χ3v) is 5.62. The average Bonchev–Trinajstić information content (AvgIpc) is 3.05. The maximum absolute atomic E-state index is 13.0. The smallest absolute Gasteiger partial charge is 0.226 e. The summed E-state index contributed by atoms with van der Waals surface area (Å²) in [4.78, 5) is 20.6. The third kappa shape index (κ3) is 4.77. The van der Waals surface area contributed by atoms with Crippen molar-refractivity contribution in [2.24, 2.45) is 13.0 Å². The standard InChI is InChI=1S/C18H24N4OS.ClH/c1-14(13-24-15-6-4-3-5-7-15)18(23)22-11-8-19-12-16(22)17-20-9-10-21(17)2;/h3-7,9-10,14,16,19H,8,11-13H2,1-2H3;1H. The lowest BCUT2D eigenvalue weighted by Gasteiger charge is -2.37. The van der Waals surface area contributed by atoms with E-state index in [2.05, 4.69) is 22.4 Å². The van der Waals surface area contributed by atoms with Crippen molar-refractivity contribution in [3.05, 3.63) is 48.5 Å². The van der Waals surface area contributed by atoms with Gasteiger partial charge in [-0.05, 0) is 12.1 Å². The number of carbonyl (C=O) groups excluding carboxylic acids is 1. The first-order chi connectivity index (χ1) is 11.7. The van der Waals surface area contributed by atoms with Gasteiger partial charge in [-0.3, -0.25) is 4.79 Å². The predicted molar refractivity (Wildman–Crippen MR) is 104 cm³/mol. The molecule has 0 aliphatic carbocycles. The van der Waals surface area contributed by atoms with Gasteiger partial charge in [0.25, 0.3) is 0 Å². The molecule has 1 aliphatic heterocycles. The van der Waals surface area contributed by atoms with E-state index in [-0.39, 0.29) is 30.3 Å². The number of hydrogen-bond acceptors (Lipinski definition) is 4. The Bertz CT molecular complexity index is 679. The van der Waals surface area contributed by atoms with Crippen molar-refractivity contribution in [2.75, 3.05) is 25.4 Å². The molecule has 1 fully saturated rings. The second-order valence-corrected chi connectivity index (χ2v) is 7.27. The highest BCUT2D eigenvalue weighted by molar-refractivity contribution is 7.99. The highest BCUT2D eigenvalue weighted by Gasteiger charge is 2.32. The second-order valence-electron chi connectivity index (χ2n) is 6.17. The Morgan fingerprint density at radius 1 is 1.40 bits per heavy atom. The van der Waals surface area contributed by atoms with E-state index >= 15 is 0 Å². The number of hydrogen-bond donors (Lipinski definition) is 1. The SMILES string of the molecule is CC(CSc1ccccc1)C(=O)N1CCNCC1c1nccn1C.Cl. The van der Waals surface area contributed by atoms with Crippen molar-refractivity contribution in [1.82, 2.24) is 19.8 Å². The molecule has 7 heteroatoms. The molecule has 0 saturated carbocycles. The number of amides is 1. The molecule has 2 unspecified atom stereocenters. The Kier molecular flexibility index (Phi) is 7.35. The normalized spacial score (nSPS) is 18.5. The van der Waals surface area contributed by atoms with Gasteiger partial charge >= 0.3 is 0 Å². The minimum absolute atomic E-state index is 0. The minimum Gasteiger partial charge on any atom is -0.336 e. The first-order valence-corrected chi connectivity index (χ1v) is 9.31. The van der Waals surface area contributed by atoms with Crippen molar-refractivity contribution < 1.29 is 4.79 Å². The van der Waals surface area contributed by atoms with Crippen LogP contribution in [0.15, 0.2) is 47.6 Å². The molecular formula is C18H25ClN4OS. The molecule has 1 saturated heterocycles. The third-order valence-electron chi connectivity index (χ3n) is 4.35. The molecule has 2 atom stereocenters. The monoisotopic (exact) mass is 380 g/mol. The molecule has 1 amide bonds. The molecule has 5 nitrogen and oxygen atoms in total. The number of benzene rings is 1. The Morgan fingerprint density at radius 2 is 2.16 bits per heavy atom. The van der Waals surface area contributed by atoms with Crippen LogP contribution in [-0.4, -0.2) is 45.7 Å². The molecule has 0 radical (unpaired) electrons. The molecule has 1 aromatic carbocycles. The summed E-state index contributed by atoms with van der Waals surface area (Å²) in [5, 5.41) is 3.38. The van der Waals surface area contributed by atoms with E-state index in [1.54, 1.807) is 18.0 Å². The number of aryl methyl sites for hydroxylation is 1. The van der Waals surface area contributed by atoms with Gasteiger partial charge in [0, 0.05) is 55.6 Å². The molecule has 0 bridgehead atoms. The number of thioether (sulfide) groups is 1. The topological polar surface area (TPSA) is 50.2 Å². The van der Waals surface area contributed by atoms with Gasteiger partial charge in [0.05, 0.1) is 0 Å². The van der Waals surface area contributed by atoms with Crippen molar-refractivity contribution in [1.29, 1.82) is 0 Å². The lowest BCUT2D eigenvalue weighted by Crippen LogP contribution is -2.51. The molecule has 25 heavy (non-hydrogen) atoms. The zero-order valence-electron chi connectivity index (χ0n) is 14.6. The van der Waals surface area contributed by atoms with E-state index in [0.29, 0.717) is 0 Å². The molecule has 1 aromatic heterocycles. The average molecular weight is 381 g/mol. The Labute approximate surface area is 159 Å².